The number of nitrogens with zero attached hydrogens (tertiary/aromatic N) is 1. The molecule has 0 aromatic heterocycles. The fourth-order valence-corrected chi connectivity index (χ4v) is 8.96. The molecule has 9 nitrogen and oxygen atoms in total. The van der Waals surface area contributed by atoms with Gasteiger partial charge in [-0.3, -0.25) is 18.6 Å². The van der Waals surface area contributed by atoms with Gasteiger partial charge in [0.05, 0.1) is 26.2 Å². The van der Waals surface area contributed by atoms with Crippen molar-refractivity contribution in [3.8, 4) is 0 Å². The van der Waals surface area contributed by atoms with Crippen molar-refractivity contribution in [3.05, 3.63) is 0 Å². The van der Waals surface area contributed by atoms with Crippen LogP contribution in [-0.4, -0.2) is 73.4 Å². The Hall–Kier alpha value is -0.990. The number of carbonyl (C=O) groups excluding carboxylic acids is 2. The molecule has 0 saturated carbocycles. The first-order valence-corrected chi connectivity index (χ1v) is 27.0. The molecule has 0 aliphatic rings. The number of likely N-dealkylation sites (N-methyl/N-ethyl adjacent to an activating group) is 1. The zero-order valence-electron chi connectivity index (χ0n) is 39.8. The molecular weight excluding hydrogens is 762 g/mol. The van der Waals surface area contributed by atoms with Gasteiger partial charge < -0.3 is 18.9 Å². The van der Waals surface area contributed by atoms with Crippen LogP contribution < -0.4 is 0 Å². The van der Waals surface area contributed by atoms with Gasteiger partial charge in [-0.05, 0) is 32.6 Å². The Kier molecular flexibility index (Phi) is 41.6. The number of hydrogen-bond acceptors (Lipinski definition) is 7. The zero-order chi connectivity index (χ0) is 43.6. The number of ether oxygens (including phenoxy) is 2. The van der Waals surface area contributed by atoms with E-state index in [0.717, 1.165) is 75.5 Å². The Bertz CT molecular complexity index is 976. The van der Waals surface area contributed by atoms with Crippen LogP contribution in [0.25, 0.3) is 0 Å². The Labute approximate surface area is 365 Å². The van der Waals surface area contributed by atoms with Crippen LogP contribution in [0.5, 0.6) is 0 Å². The summed E-state index contributed by atoms with van der Waals surface area (Å²) in [5, 5.41) is 0. The molecule has 2 unspecified atom stereocenters. The van der Waals surface area contributed by atoms with E-state index in [2.05, 4.69) is 34.6 Å². The molecule has 10 heteroatoms. The number of hydrogen-bond donors (Lipinski definition) is 1. The Morgan fingerprint density at radius 1 is 0.458 bits per heavy atom. The highest BCUT2D eigenvalue weighted by Crippen LogP contribution is 2.43. The van der Waals surface area contributed by atoms with Gasteiger partial charge in [0.1, 0.15) is 19.8 Å². The molecule has 0 aliphatic carbocycles. The zero-order valence-corrected chi connectivity index (χ0v) is 40.7. The number of carbonyl (C=O) groups is 2. The van der Waals surface area contributed by atoms with E-state index < -0.39 is 19.9 Å². The third-order valence-corrected chi connectivity index (χ3v) is 13.0. The van der Waals surface area contributed by atoms with Gasteiger partial charge in [-0.15, -0.1) is 0 Å². The van der Waals surface area contributed by atoms with E-state index >= 15 is 0 Å². The molecule has 0 saturated heterocycles. The summed E-state index contributed by atoms with van der Waals surface area (Å²) in [6.45, 7) is 13.9. The maximum absolute atomic E-state index is 12.9. The number of phosphoric acid groups is 1. The second-order valence-corrected chi connectivity index (χ2v) is 19.1. The second kappa shape index (κ2) is 42.3. The lowest BCUT2D eigenvalue weighted by molar-refractivity contribution is -0.926. The first-order chi connectivity index (χ1) is 28.7. The van der Waals surface area contributed by atoms with Crippen molar-refractivity contribution in [1.82, 2.24) is 0 Å². The minimum absolute atomic E-state index is 0.0828. The normalized spacial score (nSPS) is 13.4. The molecule has 0 aromatic carbocycles. The quantitative estimate of drug-likeness (QED) is 0.0279. The predicted molar refractivity (Wildman–Crippen MR) is 248 cm³/mol. The van der Waals surface area contributed by atoms with Crippen LogP contribution in [0.15, 0.2) is 0 Å². The van der Waals surface area contributed by atoms with E-state index in [-0.39, 0.29) is 32.2 Å². The fraction of sp³-hybridized carbons (Fsp3) is 0.959. The van der Waals surface area contributed by atoms with Gasteiger partial charge in [0.2, 0.25) is 0 Å². The molecule has 0 bridgehead atoms. The summed E-state index contributed by atoms with van der Waals surface area (Å²) in [5.41, 5.74) is 0. The lowest BCUT2D eigenvalue weighted by Gasteiger charge is -2.37. The first-order valence-electron chi connectivity index (χ1n) is 25.5. The Morgan fingerprint density at radius 3 is 1.17 bits per heavy atom. The number of esters is 2. The van der Waals surface area contributed by atoms with Crippen LogP contribution in [0.3, 0.4) is 0 Å². The van der Waals surface area contributed by atoms with Crippen LogP contribution in [-0.2, 0) is 32.7 Å². The molecule has 0 rings (SSSR count). The van der Waals surface area contributed by atoms with Crippen molar-refractivity contribution in [2.75, 3.05) is 46.0 Å². The molecule has 2 atom stereocenters. The molecule has 0 heterocycles. The topological polar surface area (TPSA) is 108 Å². The molecule has 0 amide bonds. The molecule has 352 valence electrons. The van der Waals surface area contributed by atoms with Crippen molar-refractivity contribution in [3.63, 3.8) is 0 Å². The smallest absolute Gasteiger partial charge is 0.462 e. The van der Waals surface area contributed by atoms with Gasteiger partial charge in [-0.1, -0.05) is 207 Å². The molecule has 59 heavy (non-hydrogen) atoms. The minimum Gasteiger partial charge on any atom is -0.462 e. The molecule has 0 fully saturated rings. The summed E-state index contributed by atoms with van der Waals surface area (Å²) in [7, 11) is -4.41. The first kappa shape index (κ1) is 58.0. The summed E-state index contributed by atoms with van der Waals surface area (Å²) in [6, 6.07) is 0. The molecule has 0 spiro atoms. The van der Waals surface area contributed by atoms with Crippen LogP contribution in [0.2, 0.25) is 0 Å². The van der Waals surface area contributed by atoms with Gasteiger partial charge in [-0.25, -0.2) is 4.57 Å². The summed E-state index contributed by atoms with van der Waals surface area (Å²) in [4.78, 5) is 36.0. The van der Waals surface area contributed by atoms with E-state index in [1.54, 1.807) is 0 Å². The fourth-order valence-electron chi connectivity index (χ4n) is 8.22. The summed E-state index contributed by atoms with van der Waals surface area (Å²) >= 11 is 0. The van der Waals surface area contributed by atoms with Crippen molar-refractivity contribution in [1.29, 1.82) is 0 Å². The van der Waals surface area contributed by atoms with Gasteiger partial charge in [-0.2, -0.15) is 0 Å². The van der Waals surface area contributed by atoms with E-state index in [1.807, 2.05) is 0 Å². The summed E-state index contributed by atoms with van der Waals surface area (Å²) in [6.07, 6.45) is 39.2. The number of phosphoric ester groups is 1. The van der Waals surface area contributed by atoms with E-state index in [0.29, 0.717) is 13.0 Å². The standard InChI is InChI=1S/C49H98NO8P/c1-6-11-13-15-17-19-21-23-25-27-29-31-33-35-37-39-48(51)55-45-47(46-57-59(53,54)56-44-43-50(10-5,41-8-3)42-9-4)58-49(52)40-38-36-34-32-30-28-26-24-22-20-18-16-14-12-7-2/h47H,6-46H2,1-5H3/p+1. The third-order valence-electron chi connectivity index (χ3n) is 12.0. The van der Waals surface area contributed by atoms with Gasteiger partial charge in [0.25, 0.3) is 0 Å². The molecular formula is C49H99NO8P+. The highest BCUT2D eigenvalue weighted by Gasteiger charge is 2.29. The highest BCUT2D eigenvalue weighted by molar-refractivity contribution is 7.47. The largest absolute Gasteiger partial charge is 0.472 e. The van der Waals surface area contributed by atoms with Crippen molar-refractivity contribution in [2.45, 2.75) is 259 Å². The van der Waals surface area contributed by atoms with Gasteiger partial charge >= 0.3 is 19.8 Å². The van der Waals surface area contributed by atoms with Crippen molar-refractivity contribution < 1.29 is 42.1 Å². The van der Waals surface area contributed by atoms with E-state index in [4.69, 9.17) is 18.5 Å². The molecule has 0 aromatic rings. The average Bonchev–Trinajstić information content (AvgIpc) is 3.21. The molecule has 1 N–H and O–H groups in total. The van der Waals surface area contributed by atoms with Gasteiger partial charge in [0, 0.05) is 12.8 Å². The van der Waals surface area contributed by atoms with Crippen LogP contribution in [0, 0.1) is 0 Å². The lowest BCUT2D eigenvalue weighted by atomic mass is 10.0. The number of quaternary nitrogens is 1. The van der Waals surface area contributed by atoms with Gasteiger partial charge in [0.15, 0.2) is 6.10 Å². The van der Waals surface area contributed by atoms with Crippen molar-refractivity contribution in [2.24, 2.45) is 0 Å². The number of unbranched alkanes of at least 4 members (excludes halogenated alkanes) is 28. The average molecular weight is 861 g/mol. The summed E-state index contributed by atoms with van der Waals surface area (Å²) in [5.74, 6) is -0.767. The SMILES string of the molecule is CCCCCCCCCCCCCCCCCC(=O)OCC(COP(=O)(O)OCC[N+](CC)(CCC)CCC)OC(=O)CCCCCCCCCCCCCCCCC. The van der Waals surface area contributed by atoms with E-state index in [1.165, 1.54) is 154 Å². The predicted octanol–water partition coefficient (Wildman–Crippen LogP) is 14.8. The maximum atomic E-state index is 12.9. The lowest BCUT2D eigenvalue weighted by Crippen LogP contribution is -2.50. The Balaban J connectivity index is 4.58. The molecule has 0 aliphatic heterocycles. The van der Waals surface area contributed by atoms with Crippen LogP contribution >= 0.6 is 7.82 Å². The monoisotopic (exact) mass is 861 g/mol. The minimum atomic E-state index is -4.41. The van der Waals surface area contributed by atoms with Crippen LogP contribution in [0.1, 0.15) is 253 Å². The Morgan fingerprint density at radius 2 is 0.814 bits per heavy atom. The van der Waals surface area contributed by atoms with Crippen molar-refractivity contribution >= 4 is 19.8 Å². The highest BCUT2D eigenvalue weighted by atomic mass is 31.2. The second-order valence-electron chi connectivity index (χ2n) is 17.6. The van der Waals surface area contributed by atoms with Crippen LogP contribution in [0.4, 0.5) is 0 Å². The number of rotatable bonds is 47. The molecule has 0 radical (unpaired) electrons. The summed E-state index contributed by atoms with van der Waals surface area (Å²) < 4.78 is 35.6. The van der Waals surface area contributed by atoms with E-state index in [9.17, 15) is 19.0 Å². The third kappa shape index (κ3) is 38.4. The maximum Gasteiger partial charge on any atom is 0.472 e.